The Morgan fingerprint density at radius 3 is 1.83 bits per heavy atom. The average molecular weight is 590 g/mol. The second-order valence-corrected chi connectivity index (χ2v) is 11.4. The van der Waals surface area contributed by atoms with Crippen molar-refractivity contribution in [2.24, 2.45) is 0 Å². The molecular formula is C42H27N3O. The zero-order chi connectivity index (χ0) is 30.5. The van der Waals surface area contributed by atoms with Crippen molar-refractivity contribution >= 4 is 60.7 Å². The number of hydrogen-bond donors (Lipinski definition) is 0. The van der Waals surface area contributed by atoms with Crippen LogP contribution in [-0.2, 0) is 0 Å². The Kier molecular flexibility index (Phi) is 6.10. The highest BCUT2D eigenvalue weighted by molar-refractivity contribution is 6.22. The molecular weight excluding hydrogens is 562 g/mol. The molecule has 0 saturated heterocycles. The van der Waals surface area contributed by atoms with Crippen molar-refractivity contribution < 1.29 is 4.42 Å². The number of aromatic nitrogens is 2. The lowest BCUT2D eigenvalue weighted by Gasteiger charge is -2.25. The van der Waals surface area contributed by atoms with Crippen LogP contribution in [0.2, 0.25) is 0 Å². The molecule has 4 heteroatoms. The summed E-state index contributed by atoms with van der Waals surface area (Å²) >= 11 is 0. The fourth-order valence-electron chi connectivity index (χ4n) is 6.57. The Balaban J connectivity index is 1.38. The maximum atomic E-state index is 6.99. The van der Waals surface area contributed by atoms with Crippen LogP contribution < -0.4 is 4.90 Å². The molecule has 9 rings (SSSR count). The van der Waals surface area contributed by atoms with Gasteiger partial charge in [-0.2, -0.15) is 0 Å². The standard InChI is InChI=1S/C42H27N3O/c1-4-15-28(16-5-1)39-33-23-12-13-25-36(33)43-42(44-39)35-27-29-17-10-11-22-32(29)41-38(35)34-24-14-26-37(40(34)46-41)45(30-18-6-2-7-19-30)31-20-8-3-9-21-31/h1-27H. The van der Waals surface area contributed by atoms with Crippen molar-refractivity contribution in [3.63, 3.8) is 0 Å². The van der Waals surface area contributed by atoms with E-state index in [2.05, 4.69) is 138 Å². The van der Waals surface area contributed by atoms with Gasteiger partial charge < -0.3 is 9.32 Å². The summed E-state index contributed by atoms with van der Waals surface area (Å²) in [5.74, 6) is 0.671. The summed E-state index contributed by atoms with van der Waals surface area (Å²) in [5.41, 5.74) is 8.52. The van der Waals surface area contributed by atoms with Crippen LogP contribution in [0.4, 0.5) is 17.1 Å². The molecule has 2 aromatic heterocycles. The first-order valence-corrected chi connectivity index (χ1v) is 15.4. The highest BCUT2D eigenvalue weighted by atomic mass is 16.3. The number of rotatable bonds is 5. The fourth-order valence-corrected chi connectivity index (χ4v) is 6.57. The summed E-state index contributed by atoms with van der Waals surface area (Å²) in [7, 11) is 0. The molecule has 0 bridgehead atoms. The first-order chi connectivity index (χ1) is 22.8. The lowest BCUT2D eigenvalue weighted by Crippen LogP contribution is -2.09. The van der Waals surface area contributed by atoms with Crippen LogP contribution >= 0.6 is 0 Å². The highest BCUT2D eigenvalue weighted by Crippen LogP contribution is 2.46. The number of fused-ring (bicyclic) bond motifs is 6. The van der Waals surface area contributed by atoms with E-state index in [1.165, 1.54) is 0 Å². The zero-order valence-electron chi connectivity index (χ0n) is 24.8. The monoisotopic (exact) mass is 589 g/mol. The molecule has 4 nitrogen and oxygen atoms in total. The summed E-state index contributed by atoms with van der Waals surface area (Å²) < 4.78 is 6.99. The average Bonchev–Trinajstić information content (AvgIpc) is 3.53. The van der Waals surface area contributed by atoms with Gasteiger partial charge in [0.2, 0.25) is 0 Å². The number of hydrogen-bond acceptors (Lipinski definition) is 4. The van der Waals surface area contributed by atoms with Gasteiger partial charge in [-0.1, -0.05) is 121 Å². The molecule has 9 aromatic rings. The molecule has 0 N–H and O–H groups in total. The van der Waals surface area contributed by atoms with Crippen LogP contribution in [0, 0.1) is 0 Å². The summed E-state index contributed by atoms with van der Waals surface area (Å²) in [5, 5.41) is 5.18. The van der Waals surface area contributed by atoms with E-state index in [0.717, 1.165) is 77.5 Å². The topological polar surface area (TPSA) is 42.2 Å². The molecule has 2 heterocycles. The molecule has 0 amide bonds. The maximum Gasteiger partial charge on any atom is 0.161 e. The van der Waals surface area contributed by atoms with E-state index >= 15 is 0 Å². The summed E-state index contributed by atoms with van der Waals surface area (Å²) in [6.45, 7) is 0. The highest BCUT2D eigenvalue weighted by Gasteiger charge is 2.23. The second kappa shape index (κ2) is 10.7. The number of furan rings is 1. The molecule has 0 aliphatic rings. The number of benzene rings is 7. The molecule has 0 spiro atoms. The van der Waals surface area contributed by atoms with Gasteiger partial charge in [-0.3, -0.25) is 0 Å². The van der Waals surface area contributed by atoms with Gasteiger partial charge in [-0.05, 0) is 47.9 Å². The third-order valence-corrected chi connectivity index (χ3v) is 8.63. The van der Waals surface area contributed by atoms with Gasteiger partial charge in [0.1, 0.15) is 5.58 Å². The van der Waals surface area contributed by atoms with Crippen molar-refractivity contribution in [2.45, 2.75) is 0 Å². The molecule has 0 unspecified atom stereocenters. The van der Waals surface area contributed by atoms with Gasteiger partial charge in [0.15, 0.2) is 11.4 Å². The SMILES string of the molecule is c1ccc(-c2nc(-c3cc4ccccc4c4oc5c(N(c6ccccc6)c6ccccc6)cccc5c34)nc3ccccc23)cc1. The van der Waals surface area contributed by atoms with E-state index < -0.39 is 0 Å². The maximum absolute atomic E-state index is 6.99. The Hall–Kier alpha value is -6.26. The quantitative estimate of drug-likeness (QED) is 0.200. The van der Waals surface area contributed by atoms with Crippen LogP contribution in [0.3, 0.4) is 0 Å². The lowest BCUT2D eigenvalue weighted by atomic mass is 9.98. The van der Waals surface area contributed by atoms with Crippen molar-refractivity contribution in [1.82, 2.24) is 9.97 Å². The molecule has 0 saturated carbocycles. The molecule has 216 valence electrons. The first kappa shape index (κ1) is 26.2. The minimum Gasteiger partial charge on any atom is -0.453 e. The third kappa shape index (κ3) is 4.23. The number of para-hydroxylation sites is 4. The molecule has 7 aromatic carbocycles. The Labute approximate surface area is 265 Å². The lowest BCUT2D eigenvalue weighted by molar-refractivity contribution is 0.673. The Morgan fingerprint density at radius 1 is 0.478 bits per heavy atom. The van der Waals surface area contributed by atoms with Gasteiger partial charge in [0.25, 0.3) is 0 Å². The van der Waals surface area contributed by atoms with E-state index in [-0.39, 0.29) is 0 Å². The van der Waals surface area contributed by atoms with Gasteiger partial charge in [-0.15, -0.1) is 0 Å². The van der Waals surface area contributed by atoms with Crippen molar-refractivity contribution in [1.29, 1.82) is 0 Å². The van der Waals surface area contributed by atoms with E-state index in [1.54, 1.807) is 0 Å². The van der Waals surface area contributed by atoms with Crippen LogP contribution in [0.15, 0.2) is 168 Å². The van der Waals surface area contributed by atoms with E-state index in [0.29, 0.717) is 5.82 Å². The largest absolute Gasteiger partial charge is 0.453 e. The van der Waals surface area contributed by atoms with Crippen molar-refractivity contribution in [2.75, 3.05) is 4.90 Å². The predicted octanol–water partition coefficient (Wildman–Crippen LogP) is 11.5. The normalized spacial score (nSPS) is 11.5. The molecule has 0 aliphatic carbocycles. The van der Waals surface area contributed by atoms with Crippen molar-refractivity contribution in [3.8, 4) is 22.6 Å². The third-order valence-electron chi connectivity index (χ3n) is 8.63. The minimum atomic E-state index is 0.671. The molecule has 0 aliphatic heterocycles. The van der Waals surface area contributed by atoms with Crippen LogP contribution in [0.5, 0.6) is 0 Å². The summed E-state index contributed by atoms with van der Waals surface area (Å²) in [4.78, 5) is 12.7. The van der Waals surface area contributed by atoms with Crippen LogP contribution in [0.25, 0.3) is 66.3 Å². The van der Waals surface area contributed by atoms with E-state index in [1.807, 2.05) is 30.3 Å². The minimum absolute atomic E-state index is 0.671. The molecule has 0 radical (unpaired) electrons. The van der Waals surface area contributed by atoms with Gasteiger partial charge in [0, 0.05) is 44.0 Å². The smallest absolute Gasteiger partial charge is 0.161 e. The molecule has 0 fully saturated rings. The van der Waals surface area contributed by atoms with Gasteiger partial charge >= 0.3 is 0 Å². The Morgan fingerprint density at radius 2 is 1.09 bits per heavy atom. The van der Waals surface area contributed by atoms with E-state index in [9.17, 15) is 0 Å². The Bertz CT molecular complexity index is 2480. The summed E-state index contributed by atoms with van der Waals surface area (Å²) in [6, 6.07) is 56.4. The second-order valence-electron chi connectivity index (χ2n) is 11.4. The summed E-state index contributed by atoms with van der Waals surface area (Å²) in [6.07, 6.45) is 0. The molecule has 0 atom stereocenters. The van der Waals surface area contributed by atoms with Crippen LogP contribution in [0.1, 0.15) is 0 Å². The zero-order valence-corrected chi connectivity index (χ0v) is 24.8. The number of nitrogens with zero attached hydrogens (tertiary/aromatic N) is 3. The fraction of sp³-hybridized carbons (Fsp3) is 0. The van der Waals surface area contributed by atoms with Crippen molar-refractivity contribution in [3.05, 3.63) is 164 Å². The van der Waals surface area contributed by atoms with Crippen LogP contribution in [-0.4, -0.2) is 9.97 Å². The van der Waals surface area contributed by atoms with Gasteiger partial charge in [-0.25, -0.2) is 9.97 Å². The van der Waals surface area contributed by atoms with Gasteiger partial charge in [0.05, 0.1) is 16.9 Å². The molecule has 46 heavy (non-hydrogen) atoms. The van der Waals surface area contributed by atoms with E-state index in [4.69, 9.17) is 14.4 Å². The first-order valence-electron chi connectivity index (χ1n) is 15.4. The predicted molar refractivity (Wildman–Crippen MR) is 190 cm³/mol. The number of anilines is 3.